The van der Waals surface area contributed by atoms with E-state index in [2.05, 4.69) is 16.8 Å². The standard InChI is InChI=1S/C27H31N5O3/c1-20-8-10-22(11-9-20)35-26-23-18-32(25(33)19-34-21-6-4-3-5-7-21)13-12-24(23)28-27(29-26)31-16-14-30(2)15-17-31/h3-11H,12-19H2,1-2H3. The molecule has 5 rings (SSSR count). The van der Waals surface area contributed by atoms with Gasteiger partial charge in [0.1, 0.15) is 11.5 Å². The van der Waals surface area contributed by atoms with Crippen molar-refractivity contribution >= 4 is 11.9 Å². The monoisotopic (exact) mass is 473 g/mol. The first kappa shape index (κ1) is 23.1. The van der Waals surface area contributed by atoms with E-state index in [9.17, 15) is 4.79 Å². The molecule has 182 valence electrons. The van der Waals surface area contributed by atoms with Crippen molar-refractivity contribution in [3.63, 3.8) is 0 Å². The number of carbonyl (C=O) groups excluding carboxylic acids is 1. The SMILES string of the molecule is Cc1ccc(Oc2nc(N3CCN(C)CC3)nc3c2CN(C(=O)COc2ccccc2)CC3)cc1. The number of nitrogens with zero attached hydrogens (tertiary/aromatic N) is 5. The first-order valence-electron chi connectivity index (χ1n) is 12.1. The third-order valence-corrected chi connectivity index (χ3v) is 6.49. The van der Waals surface area contributed by atoms with Gasteiger partial charge >= 0.3 is 0 Å². The van der Waals surface area contributed by atoms with Crippen LogP contribution in [0.1, 0.15) is 16.8 Å². The number of para-hydroxylation sites is 1. The Bertz CT molecular complexity index is 1160. The van der Waals surface area contributed by atoms with E-state index in [4.69, 9.17) is 19.4 Å². The molecule has 2 aromatic carbocycles. The molecule has 3 heterocycles. The van der Waals surface area contributed by atoms with Gasteiger partial charge in [0.2, 0.25) is 11.8 Å². The lowest BCUT2D eigenvalue weighted by molar-refractivity contribution is -0.134. The van der Waals surface area contributed by atoms with E-state index in [1.807, 2.05) is 61.5 Å². The summed E-state index contributed by atoms with van der Waals surface area (Å²) < 4.78 is 12.0. The Kier molecular flexibility index (Phi) is 6.81. The molecule has 1 aromatic heterocycles. The van der Waals surface area contributed by atoms with Crippen LogP contribution in [0.5, 0.6) is 17.4 Å². The molecule has 3 aromatic rings. The van der Waals surface area contributed by atoms with Gasteiger partial charge in [0.05, 0.1) is 17.8 Å². The summed E-state index contributed by atoms with van der Waals surface area (Å²) in [4.78, 5) is 29.0. The highest BCUT2D eigenvalue weighted by Crippen LogP contribution is 2.32. The van der Waals surface area contributed by atoms with Crippen molar-refractivity contribution in [3.8, 4) is 17.4 Å². The fourth-order valence-electron chi connectivity index (χ4n) is 4.29. The molecule has 0 spiro atoms. The number of benzene rings is 2. The zero-order chi connectivity index (χ0) is 24.2. The van der Waals surface area contributed by atoms with Crippen LogP contribution in [-0.4, -0.2) is 72.1 Å². The van der Waals surface area contributed by atoms with Crippen LogP contribution >= 0.6 is 0 Å². The molecule has 2 aliphatic rings. The Balaban J connectivity index is 1.38. The molecule has 0 N–H and O–H groups in total. The van der Waals surface area contributed by atoms with Crippen LogP contribution in [0, 0.1) is 6.92 Å². The van der Waals surface area contributed by atoms with Crippen molar-refractivity contribution in [2.45, 2.75) is 19.9 Å². The van der Waals surface area contributed by atoms with E-state index in [0.717, 1.165) is 48.7 Å². The Morgan fingerprint density at radius 3 is 2.40 bits per heavy atom. The molecular formula is C27H31N5O3. The fourth-order valence-corrected chi connectivity index (χ4v) is 4.29. The summed E-state index contributed by atoms with van der Waals surface area (Å²) in [6.45, 7) is 6.72. The number of likely N-dealkylation sites (N-methyl/N-ethyl adjacent to an activating group) is 1. The normalized spacial score (nSPS) is 16.1. The number of ether oxygens (including phenoxy) is 2. The third-order valence-electron chi connectivity index (χ3n) is 6.49. The molecule has 0 saturated carbocycles. The maximum Gasteiger partial charge on any atom is 0.260 e. The fraction of sp³-hybridized carbons (Fsp3) is 0.370. The number of hydrogen-bond donors (Lipinski definition) is 0. The number of aryl methyl sites for hydroxylation is 1. The van der Waals surface area contributed by atoms with E-state index in [-0.39, 0.29) is 12.5 Å². The Morgan fingerprint density at radius 1 is 0.914 bits per heavy atom. The second-order valence-corrected chi connectivity index (χ2v) is 9.13. The molecule has 0 bridgehead atoms. The predicted octanol–water partition coefficient (Wildman–Crippen LogP) is 3.29. The summed E-state index contributed by atoms with van der Waals surface area (Å²) in [6, 6.07) is 17.3. The molecule has 1 saturated heterocycles. The lowest BCUT2D eigenvalue weighted by atomic mass is 10.1. The number of amides is 1. The lowest BCUT2D eigenvalue weighted by Gasteiger charge is -2.34. The van der Waals surface area contributed by atoms with E-state index in [1.54, 1.807) is 4.90 Å². The van der Waals surface area contributed by atoms with Gasteiger partial charge in [-0.3, -0.25) is 4.79 Å². The summed E-state index contributed by atoms with van der Waals surface area (Å²) >= 11 is 0. The molecule has 1 fully saturated rings. The highest BCUT2D eigenvalue weighted by molar-refractivity contribution is 5.78. The Hall–Kier alpha value is -3.65. The van der Waals surface area contributed by atoms with E-state index >= 15 is 0 Å². The highest BCUT2D eigenvalue weighted by Gasteiger charge is 2.28. The van der Waals surface area contributed by atoms with Crippen molar-refractivity contribution in [3.05, 3.63) is 71.4 Å². The maximum atomic E-state index is 12.9. The van der Waals surface area contributed by atoms with Crippen molar-refractivity contribution in [1.29, 1.82) is 0 Å². The van der Waals surface area contributed by atoms with Crippen LogP contribution < -0.4 is 14.4 Å². The minimum atomic E-state index is -0.0658. The van der Waals surface area contributed by atoms with Crippen molar-refractivity contribution in [1.82, 2.24) is 19.8 Å². The van der Waals surface area contributed by atoms with Gasteiger partial charge in [0, 0.05) is 39.1 Å². The van der Waals surface area contributed by atoms with Crippen LogP contribution in [0.4, 0.5) is 5.95 Å². The van der Waals surface area contributed by atoms with E-state index in [0.29, 0.717) is 37.1 Å². The van der Waals surface area contributed by atoms with Crippen LogP contribution in [-0.2, 0) is 17.8 Å². The van der Waals surface area contributed by atoms with Gasteiger partial charge in [-0.2, -0.15) is 4.98 Å². The van der Waals surface area contributed by atoms with Crippen molar-refractivity contribution < 1.29 is 14.3 Å². The Morgan fingerprint density at radius 2 is 1.66 bits per heavy atom. The summed E-state index contributed by atoms with van der Waals surface area (Å²) in [5, 5.41) is 0. The Labute approximate surface area is 206 Å². The number of aromatic nitrogens is 2. The molecule has 8 heteroatoms. The average Bonchev–Trinajstić information content (AvgIpc) is 2.89. The zero-order valence-electron chi connectivity index (χ0n) is 20.3. The molecular weight excluding hydrogens is 442 g/mol. The summed E-state index contributed by atoms with van der Waals surface area (Å²) in [5.74, 6) is 2.56. The zero-order valence-corrected chi connectivity index (χ0v) is 20.3. The minimum Gasteiger partial charge on any atom is -0.484 e. The van der Waals surface area contributed by atoms with Crippen LogP contribution in [0.15, 0.2) is 54.6 Å². The predicted molar refractivity (Wildman–Crippen MR) is 134 cm³/mol. The second kappa shape index (κ2) is 10.3. The van der Waals surface area contributed by atoms with Gasteiger partial charge in [-0.05, 0) is 38.2 Å². The van der Waals surface area contributed by atoms with Gasteiger partial charge in [0.15, 0.2) is 6.61 Å². The van der Waals surface area contributed by atoms with Gasteiger partial charge in [-0.15, -0.1) is 0 Å². The molecule has 2 aliphatic heterocycles. The molecule has 0 aliphatic carbocycles. The quantitative estimate of drug-likeness (QED) is 0.544. The summed E-state index contributed by atoms with van der Waals surface area (Å²) in [5.41, 5.74) is 2.97. The minimum absolute atomic E-state index is 0.00621. The second-order valence-electron chi connectivity index (χ2n) is 9.13. The first-order chi connectivity index (χ1) is 17.0. The third kappa shape index (κ3) is 5.54. The van der Waals surface area contributed by atoms with Crippen molar-refractivity contribution in [2.24, 2.45) is 0 Å². The van der Waals surface area contributed by atoms with Crippen LogP contribution in [0.25, 0.3) is 0 Å². The largest absolute Gasteiger partial charge is 0.484 e. The van der Waals surface area contributed by atoms with E-state index < -0.39 is 0 Å². The van der Waals surface area contributed by atoms with E-state index in [1.165, 1.54) is 0 Å². The molecule has 0 unspecified atom stereocenters. The molecule has 0 radical (unpaired) electrons. The number of carbonyl (C=O) groups is 1. The maximum absolute atomic E-state index is 12.9. The van der Waals surface area contributed by atoms with Crippen LogP contribution in [0.2, 0.25) is 0 Å². The topological polar surface area (TPSA) is 71.0 Å². The first-order valence-corrected chi connectivity index (χ1v) is 12.1. The average molecular weight is 474 g/mol. The number of rotatable bonds is 6. The summed E-state index contributed by atoms with van der Waals surface area (Å²) in [6.07, 6.45) is 0.653. The number of anilines is 1. The molecule has 0 atom stereocenters. The molecule has 1 amide bonds. The van der Waals surface area contributed by atoms with Crippen molar-refractivity contribution in [2.75, 3.05) is 51.3 Å². The van der Waals surface area contributed by atoms with Crippen LogP contribution in [0.3, 0.4) is 0 Å². The van der Waals surface area contributed by atoms with Gasteiger partial charge < -0.3 is 24.2 Å². The number of hydrogen-bond acceptors (Lipinski definition) is 7. The lowest BCUT2D eigenvalue weighted by Crippen LogP contribution is -2.45. The summed E-state index contributed by atoms with van der Waals surface area (Å²) in [7, 11) is 2.13. The molecule has 8 nitrogen and oxygen atoms in total. The molecule has 35 heavy (non-hydrogen) atoms. The van der Waals surface area contributed by atoms with Gasteiger partial charge in [0.25, 0.3) is 5.91 Å². The van der Waals surface area contributed by atoms with Gasteiger partial charge in [-0.25, -0.2) is 4.98 Å². The van der Waals surface area contributed by atoms with Gasteiger partial charge in [-0.1, -0.05) is 35.9 Å². The number of piperazine rings is 1. The smallest absolute Gasteiger partial charge is 0.260 e. The number of fused-ring (bicyclic) bond motifs is 1. The highest BCUT2D eigenvalue weighted by atomic mass is 16.5.